The summed E-state index contributed by atoms with van der Waals surface area (Å²) in [6.45, 7) is 6.88. The number of hydrogen-bond donors (Lipinski definition) is 1. The van der Waals surface area contributed by atoms with Gasteiger partial charge in [-0.2, -0.15) is 13.2 Å². The topological polar surface area (TPSA) is 86.8 Å². The Balaban J connectivity index is 2.12. The predicted molar refractivity (Wildman–Crippen MR) is 166 cm³/mol. The number of carbonyl (C=O) groups excluding carboxylic acids is 2. The van der Waals surface area contributed by atoms with Crippen LogP contribution in [0.25, 0.3) is 0 Å². The normalized spacial score (nSPS) is 12.5. The highest BCUT2D eigenvalue weighted by molar-refractivity contribution is 7.92. The number of nitrogens with one attached hydrogen (secondary N) is 1. The second-order valence-electron chi connectivity index (χ2n) is 10.6. The fourth-order valence-electron chi connectivity index (χ4n) is 4.57. The van der Waals surface area contributed by atoms with Crippen molar-refractivity contribution in [1.29, 1.82) is 0 Å². The Kier molecular flexibility index (Phi) is 11.9. The Morgan fingerprint density at radius 2 is 1.52 bits per heavy atom. The monoisotopic (exact) mass is 651 g/mol. The molecule has 0 fully saturated rings. The van der Waals surface area contributed by atoms with Crippen molar-refractivity contribution < 1.29 is 31.2 Å². The third-order valence-electron chi connectivity index (χ3n) is 7.12. The number of anilines is 1. The third kappa shape index (κ3) is 8.75. The number of unbranched alkanes of at least 4 members (excludes halogenated alkanes) is 1. The van der Waals surface area contributed by atoms with Crippen molar-refractivity contribution in [2.24, 2.45) is 0 Å². The van der Waals surface area contributed by atoms with E-state index >= 15 is 0 Å². The molecule has 7 nitrogen and oxygen atoms in total. The van der Waals surface area contributed by atoms with Crippen LogP contribution >= 0.6 is 11.6 Å². The zero-order chi connectivity index (χ0) is 32.7. The van der Waals surface area contributed by atoms with Gasteiger partial charge in [-0.15, -0.1) is 0 Å². The number of benzene rings is 3. The molecular formula is C32H37ClF3N3O4S. The van der Waals surface area contributed by atoms with Crippen molar-refractivity contribution in [3.8, 4) is 0 Å². The molecule has 0 aromatic heterocycles. The summed E-state index contributed by atoms with van der Waals surface area (Å²) in [4.78, 5) is 28.4. The first-order valence-electron chi connectivity index (χ1n) is 14.3. The van der Waals surface area contributed by atoms with E-state index in [0.29, 0.717) is 22.5 Å². The van der Waals surface area contributed by atoms with Crippen LogP contribution in [0.4, 0.5) is 18.9 Å². The molecule has 1 atom stereocenters. The molecule has 3 aromatic carbocycles. The lowest BCUT2D eigenvalue weighted by Gasteiger charge is -2.33. The number of aryl methyl sites for hydroxylation is 2. The second-order valence-corrected chi connectivity index (χ2v) is 12.8. The van der Waals surface area contributed by atoms with Crippen molar-refractivity contribution in [2.75, 3.05) is 17.4 Å². The van der Waals surface area contributed by atoms with Crippen LogP contribution in [0, 0.1) is 13.8 Å². The van der Waals surface area contributed by atoms with E-state index in [1.165, 1.54) is 17.0 Å². The number of amides is 2. The molecule has 0 unspecified atom stereocenters. The van der Waals surface area contributed by atoms with E-state index in [-0.39, 0.29) is 17.9 Å². The summed E-state index contributed by atoms with van der Waals surface area (Å²) in [5.41, 5.74) is 0.802. The fraction of sp³-hybridized carbons (Fsp3) is 0.375. The minimum absolute atomic E-state index is 0.0222. The van der Waals surface area contributed by atoms with Gasteiger partial charge >= 0.3 is 6.18 Å². The standard InChI is InChI=1S/C32H37ClF3N3O4S/c1-5-7-18-37-31(41)29(6-2)38(20-24-12-8-22(3)9-13-24)30(40)21-39(44(42,43)26-15-10-23(4)11-16-26)25-14-17-28(33)27(19-25)32(34,35)36/h8-17,19,29H,5-7,18,20-21H2,1-4H3,(H,37,41)/t29-/m0/s1. The van der Waals surface area contributed by atoms with E-state index in [2.05, 4.69) is 5.32 Å². The molecule has 44 heavy (non-hydrogen) atoms. The van der Waals surface area contributed by atoms with Gasteiger partial charge in [-0.3, -0.25) is 13.9 Å². The molecule has 2 amide bonds. The van der Waals surface area contributed by atoms with Gasteiger partial charge in [-0.05, 0) is 62.6 Å². The minimum atomic E-state index is -4.88. The Morgan fingerprint density at radius 1 is 0.932 bits per heavy atom. The molecule has 0 aliphatic carbocycles. The average molecular weight is 652 g/mol. The van der Waals surface area contributed by atoms with E-state index in [9.17, 15) is 31.2 Å². The van der Waals surface area contributed by atoms with Gasteiger partial charge in [0.1, 0.15) is 12.6 Å². The van der Waals surface area contributed by atoms with Crippen molar-refractivity contribution >= 4 is 39.1 Å². The van der Waals surface area contributed by atoms with Gasteiger partial charge in [0.25, 0.3) is 10.0 Å². The number of carbonyl (C=O) groups is 2. The molecule has 3 rings (SSSR count). The Bertz CT molecular complexity index is 1550. The lowest BCUT2D eigenvalue weighted by atomic mass is 10.1. The molecule has 0 heterocycles. The second kappa shape index (κ2) is 14.9. The zero-order valence-corrected chi connectivity index (χ0v) is 26.7. The van der Waals surface area contributed by atoms with Crippen molar-refractivity contribution in [2.45, 2.75) is 70.6 Å². The van der Waals surface area contributed by atoms with E-state index in [1.807, 2.05) is 26.0 Å². The molecule has 0 aliphatic heterocycles. The number of halogens is 4. The molecular weight excluding hydrogens is 615 g/mol. The Hall–Kier alpha value is -3.57. The largest absolute Gasteiger partial charge is 0.417 e. The van der Waals surface area contributed by atoms with Crippen LogP contribution in [-0.4, -0.2) is 44.3 Å². The highest BCUT2D eigenvalue weighted by Crippen LogP contribution is 2.38. The van der Waals surface area contributed by atoms with Crippen LogP contribution in [0.3, 0.4) is 0 Å². The molecule has 238 valence electrons. The van der Waals surface area contributed by atoms with E-state index in [1.54, 1.807) is 38.1 Å². The lowest BCUT2D eigenvalue weighted by Crippen LogP contribution is -2.52. The molecule has 0 bridgehead atoms. The van der Waals surface area contributed by atoms with Crippen molar-refractivity contribution in [1.82, 2.24) is 10.2 Å². The third-order valence-corrected chi connectivity index (χ3v) is 9.24. The summed E-state index contributed by atoms with van der Waals surface area (Å²) in [6, 6.07) is 14.8. The van der Waals surface area contributed by atoms with Gasteiger partial charge < -0.3 is 10.2 Å². The number of alkyl halides is 3. The molecule has 1 N–H and O–H groups in total. The highest BCUT2D eigenvalue weighted by atomic mass is 35.5. The van der Waals surface area contributed by atoms with Gasteiger partial charge in [0.2, 0.25) is 11.8 Å². The summed E-state index contributed by atoms with van der Waals surface area (Å²) in [5, 5.41) is 2.22. The first-order valence-corrected chi connectivity index (χ1v) is 16.1. The first kappa shape index (κ1) is 34.9. The van der Waals surface area contributed by atoms with Crippen LogP contribution in [0.15, 0.2) is 71.6 Å². The van der Waals surface area contributed by atoms with Crippen molar-refractivity contribution in [3.63, 3.8) is 0 Å². The van der Waals surface area contributed by atoms with Gasteiger partial charge in [0, 0.05) is 13.1 Å². The van der Waals surface area contributed by atoms with Crippen LogP contribution in [0.2, 0.25) is 5.02 Å². The van der Waals surface area contributed by atoms with E-state index in [0.717, 1.165) is 36.1 Å². The fourth-order valence-corrected chi connectivity index (χ4v) is 6.20. The Morgan fingerprint density at radius 3 is 2.07 bits per heavy atom. The number of nitrogens with zero attached hydrogens (tertiary/aromatic N) is 2. The summed E-state index contributed by atoms with van der Waals surface area (Å²) in [5.74, 6) is -1.16. The van der Waals surface area contributed by atoms with Crippen LogP contribution in [-0.2, 0) is 32.3 Å². The molecule has 0 saturated heterocycles. The predicted octanol–water partition coefficient (Wildman–Crippen LogP) is 6.89. The summed E-state index contributed by atoms with van der Waals surface area (Å²) < 4.78 is 70.0. The number of sulfonamides is 1. The molecule has 0 radical (unpaired) electrons. The van der Waals surface area contributed by atoms with E-state index < -0.39 is 56.9 Å². The SMILES string of the molecule is CCCCNC(=O)[C@H](CC)N(Cc1ccc(C)cc1)C(=O)CN(c1ccc(Cl)c(C(F)(F)F)c1)S(=O)(=O)c1ccc(C)cc1. The van der Waals surface area contributed by atoms with E-state index in [4.69, 9.17) is 11.6 Å². The number of hydrogen-bond acceptors (Lipinski definition) is 4. The molecule has 3 aromatic rings. The molecule has 0 saturated carbocycles. The van der Waals surface area contributed by atoms with Gasteiger partial charge in [0.05, 0.1) is 21.2 Å². The lowest BCUT2D eigenvalue weighted by molar-refractivity contribution is -0.140. The molecule has 0 spiro atoms. The quantitative estimate of drug-likeness (QED) is 0.204. The summed E-state index contributed by atoms with van der Waals surface area (Å²) in [6.07, 6.45) is -3.08. The summed E-state index contributed by atoms with van der Waals surface area (Å²) >= 11 is 5.83. The summed E-state index contributed by atoms with van der Waals surface area (Å²) in [7, 11) is -4.55. The van der Waals surface area contributed by atoms with Crippen LogP contribution in [0.1, 0.15) is 55.4 Å². The smallest absolute Gasteiger partial charge is 0.354 e. The first-order chi connectivity index (χ1) is 20.7. The van der Waals surface area contributed by atoms with Gasteiger partial charge in [-0.1, -0.05) is 79.4 Å². The number of rotatable bonds is 13. The minimum Gasteiger partial charge on any atom is -0.354 e. The highest BCUT2D eigenvalue weighted by Gasteiger charge is 2.37. The zero-order valence-electron chi connectivity index (χ0n) is 25.1. The maximum absolute atomic E-state index is 14.1. The molecule has 0 aliphatic rings. The average Bonchev–Trinajstić information content (AvgIpc) is 2.96. The Labute approximate surface area is 262 Å². The van der Waals surface area contributed by atoms with Gasteiger partial charge in [-0.25, -0.2) is 8.42 Å². The van der Waals surface area contributed by atoms with Crippen LogP contribution < -0.4 is 9.62 Å². The molecule has 12 heteroatoms. The van der Waals surface area contributed by atoms with Crippen molar-refractivity contribution in [3.05, 3.63) is 94.0 Å². The maximum Gasteiger partial charge on any atom is 0.417 e. The maximum atomic E-state index is 14.1. The van der Waals surface area contributed by atoms with Crippen LogP contribution in [0.5, 0.6) is 0 Å². The van der Waals surface area contributed by atoms with Gasteiger partial charge in [0.15, 0.2) is 0 Å².